The minimum absolute atomic E-state index is 0.00415. The van der Waals surface area contributed by atoms with E-state index in [1.165, 1.54) is 6.07 Å². The van der Waals surface area contributed by atoms with Gasteiger partial charge in [-0.25, -0.2) is 0 Å². The molecule has 0 unspecified atom stereocenters. The summed E-state index contributed by atoms with van der Waals surface area (Å²) in [6.45, 7) is 2.38. The SMILES string of the molecule is Cc1cc(N[C@@H]2CC[C@@H](C(=O)OCCCO)NC2)nnc1-c1ccc(C(F)(F)F)cc1O. The minimum atomic E-state index is -4.55. The molecule has 1 fully saturated rings. The molecule has 0 spiro atoms. The van der Waals surface area contributed by atoms with E-state index in [1.807, 2.05) is 0 Å². The number of aromatic nitrogens is 2. The van der Waals surface area contributed by atoms with Crippen LogP contribution in [0.5, 0.6) is 5.75 Å². The molecule has 2 atom stereocenters. The number of phenolic OH excluding ortho intramolecular Hbond substituents is 1. The number of aliphatic hydroxyl groups is 1. The van der Waals surface area contributed by atoms with Gasteiger partial charge in [-0.2, -0.15) is 13.2 Å². The molecule has 4 N–H and O–H groups in total. The first-order valence-electron chi connectivity index (χ1n) is 10.2. The van der Waals surface area contributed by atoms with Crippen LogP contribution in [0.4, 0.5) is 19.0 Å². The second-order valence-electron chi connectivity index (χ2n) is 7.61. The second kappa shape index (κ2) is 10.1. The Labute approximate surface area is 182 Å². The fourth-order valence-corrected chi connectivity index (χ4v) is 3.46. The van der Waals surface area contributed by atoms with Gasteiger partial charge in [-0.3, -0.25) is 4.79 Å². The molecule has 0 bridgehead atoms. The van der Waals surface area contributed by atoms with E-state index in [2.05, 4.69) is 20.8 Å². The zero-order valence-electron chi connectivity index (χ0n) is 17.4. The Morgan fingerprint density at radius 2 is 2.06 bits per heavy atom. The molecule has 1 aromatic carbocycles. The summed E-state index contributed by atoms with van der Waals surface area (Å²) in [5, 5.41) is 33.3. The number of aromatic hydroxyl groups is 1. The van der Waals surface area contributed by atoms with Crippen LogP contribution in [0.15, 0.2) is 24.3 Å². The normalized spacial score (nSPS) is 18.9. The summed E-state index contributed by atoms with van der Waals surface area (Å²) in [5.41, 5.74) is 0.139. The standard InChI is InChI=1S/C21H25F3N4O4/c1-12-9-18(26-14-4-6-16(25-11-14)20(31)32-8-2-7-29)27-28-19(12)15-5-3-13(10-17(15)30)21(22,23)24/h3,5,9-10,14,16,25,29-30H,2,4,6-8,11H2,1H3,(H,26,27)/t14-,16+/m1/s1. The fraction of sp³-hybridized carbons (Fsp3) is 0.476. The molecule has 1 aliphatic heterocycles. The summed E-state index contributed by atoms with van der Waals surface area (Å²) in [6, 6.07) is 4.03. The Morgan fingerprint density at radius 1 is 1.28 bits per heavy atom. The van der Waals surface area contributed by atoms with Gasteiger partial charge in [0.25, 0.3) is 0 Å². The number of anilines is 1. The Balaban J connectivity index is 1.60. The average molecular weight is 454 g/mol. The lowest BCUT2D eigenvalue weighted by molar-refractivity contribution is -0.147. The number of alkyl halides is 3. The van der Waals surface area contributed by atoms with Crippen molar-refractivity contribution in [3.63, 3.8) is 0 Å². The van der Waals surface area contributed by atoms with Crippen LogP contribution in [0.1, 0.15) is 30.4 Å². The number of nitrogens with one attached hydrogen (secondary N) is 2. The summed E-state index contributed by atoms with van der Waals surface area (Å²) in [5.74, 6) is -0.381. The molecule has 1 aliphatic rings. The molecule has 8 nitrogen and oxygen atoms in total. The van der Waals surface area contributed by atoms with Crippen molar-refractivity contribution in [1.82, 2.24) is 15.5 Å². The molecule has 0 radical (unpaired) electrons. The van der Waals surface area contributed by atoms with Gasteiger partial charge < -0.3 is 25.6 Å². The topological polar surface area (TPSA) is 117 Å². The van der Waals surface area contributed by atoms with Crippen molar-refractivity contribution in [2.75, 3.05) is 25.1 Å². The van der Waals surface area contributed by atoms with Crippen molar-refractivity contribution < 1.29 is 32.9 Å². The van der Waals surface area contributed by atoms with E-state index >= 15 is 0 Å². The third kappa shape index (κ3) is 5.86. The van der Waals surface area contributed by atoms with Gasteiger partial charge in [0.2, 0.25) is 0 Å². The predicted molar refractivity (Wildman–Crippen MR) is 110 cm³/mol. The number of ether oxygens (including phenoxy) is 1. The number of piperidine rings is 1. The first kappa shape index (κ1) is 23.7. The van der Waals surface area contributed by atoms with E-state index in [9.17, 15) is 23.1 Å². The lowest BCUT2D eigenvalue weighted by atomic mass is 10.0. The van der Waals surface area contributed by atoms with Crippen LogP contribution in [0.25, 0.3) is 11.3 Å². The summed E-state index contributed by atoms with van der Waals surface area (Å²) >= 11 is 0. The molecule has 1 saturated heterocycles. The number of aryl methyl sites for hydroxylation is 1. The van der Waals surface area contributed by atoms with E-state index in [0.29, 0.717) is 43.3 Å². The molecule has 11 heteroatoms. The maximum absolute atomic E-state index is 12.8. The number of esters is 1. The lowest BCUT2D eigenvalue weighted by Crippen LogP contribution is -2.49. The summed E-state index contributed by atoms with van der Waals surface area (Å²) in [4.78, 5) is 12.0. The zero-order valence-corrected chi connectivity index (χ0v) is 17.4. The third-order valence-corrected chi connectivity index (χ3v) is 5.16. The molecule has 32 heavy (non-hydrogen) atoms. The van der Waals surface area contributed by atoms with Gasteiger partial charge in [-0.15, -0.1) is 10.2 Å². The Hall–Kier alpha value is -2.92. The van der Waals surface area contributed by atoms with Crippen LogP contribution in [0.3, 0.4) is 0 Å². The molecule has 3 rings (SSSR count). The third-order valence-electron chi connectivity index (χ3n) is 5.16. The molecule has 174 valence electrons. The van der Waals surface area contributed by atoms with Gasteiger partial charge in [0.15, 0.2) is 0 Å². The van der Waals surface area contributed by atoms with Gasteiger partial charge >= 0.3 is 12.1 Å². The highest BCUT2D eigenvalue weighted by atomic mass is 19.4. The van der Waals surface area contributed by atoms with E-state index < -0.39 is 23.5 Å². The van der Waals surface area contributed by atoms with Crippen LogP contribution >= 0.6 is 0 Å². The van der Waals surface area contributed by atoms with Crippen molar-refractivity contribution in [3.05, 3.63) is 35.4 Å². The van der Waals surface area contributed by atoms with Crippen LogP contribution in [-0.4, -0.2) is 58.2 Å². The van der Waals surface area contributed by atoms with Crippen LogP contribution in [0.2, 0.25) is 0 Å². The quantitative estimate of drug-likeness (QED) is 0.373. The molecule has 2 heterocycles. The van der Waals surface area contributed by atoms with Crippen LogP contribution < -0.4 is 10.6 Å². The number of hydrogen-bond acceptors (Lipinski definition) is 8. The molecule has 0 amide bonds. The predicted octanol–water partition coefficient (Wildman–Crippen LogP) is 2.63. The number of benzene rings is 1. The van der Waals surface area contributed by atoms with Crippen molar-refractivity contribution >= 4 is 11.8 Å². The van der Waals surface area contributed by atoms with E-state index in [-0.39, 0.29) is 36.5 Å². The first-order valence-corrected chi connectivity index (χ1v) is 10.2. The number of halogens is 3. The Morgan fingerprint density at radius 3 is 2.66 bits per heavy atom. The molecule has 1 aromatic heterocycles. The number of aliphatic hydroxyl groups excluding tert-OH is 1. The smallest absolute Gasteiger partial charge is 0.416 e. The van der Waals surface area contributed by atoms with E-state index in [4.69, 9.17) is 9.84 Å². The molecular weight excluding hydrogens is 429 g/mol. The largest absolute Gasteiger partial charge is 0.507 e. The highest BCUT2D eigenvalue weighted by Crippen LogP contribution is 2.36. The second-order valence-corrected chi connectivity index (χ2v) is 7.61. The summed E-state index contributed by atoms with van der Waals surface area (Å²) < 4.78 is 43.5. The highest BCUT2D eigenvalue weighted by Gasteiger charge is 2.31. The van der Waals surface area contributed by atoms with Crippen LogP contribution in [-0.2, 0) is 15.7 Å². The van der Waals surface area contributed by atoms with E-state index in [0.717, 1.165) is 6.07 Å². The highest BCUT2D eigenvalue weighted by molar-refractivity contribution is 5.76. The average Bonchev–Trinajstić information content (AvgIpc) is 2.74. The Bertz CT molecular complexity index is 947. The number of carbonyl (C=O) groups excluding carboxylic acids is 1. The lowest BCUT2D eigenvalue weighted by Gasteiger charge is -2.29. The van der Waals surface area contributed by atoms with Crippen molar-refractivity contribution in [1.29, 1.82) is 0 Å². The summed E-state index contributed by atoms with van der Waals surface area (Å²) in [7, 11) is 0. The van der Waals surface area contributed by atoms with Gasteiger partial charge in [0.1, 0.15) is 17.6 Å². The maximum atomic E-state index is 12.8. The fourth-order valence-electron chi connectivity index (χ4n) is 3.46. The molecular formula is C21H25F3N4O4. The minimum Gasteiger partial charge on any atom is -0.507 e. The monoisotopic (exact) mass is 454 g/mol. The number of phenols is 1. The van der Waals surface area contributed by atoms with Crippen molar-refractivity contribution in [3.8, 4) is 17.0 Å². The van der Waals surface area contributed by atoms with Crippen LogP contribution in [0, 0.1) is 6.92 Å². The van der Waals surface area contributed by atoms with Crippen molar-refractivity contribution in [2.45, 2.75) is 44.4 Å². The Kier molecular flexibility index (Phi) is 7.52. The van der Waals surface area contributed by atoms with Gasteiger partial charge in [0, 0.05) is 31.2 Å². The summed E-state index contributed by atoms with van der Waals surface area (Å²) in [6.07, 6.45) is -2.89. The molecule has 2 aromatic rings. The number of nitrogens with zero attached hydrogens (tertiary/aromatic N) is 2. The van der Waals surface area contributed by atoms with Crippen molar-refractivity contribution in [2.24, 2.45) is 0 Å². The van der Waals surface area contributed by atoms with Gasteiger partial charge in [0.05, 0.1) is 17.9 Å². The molecule has 0 saturated carbocycles. The van der Waals surface area contributed by atoms with Gasteiger partial charge in [-0.05, 0) is 49.6 Å². The number of hydrogen-bond donors (Lipinski definition) is 4. The number of rotatable bonds is 7. The maximum Gasteiger partial charge on any atom is 0.416 e. The van der Waals surface area contributed by atoms with E-state index in [1.54, 1.807) is 13.0 Å². The number of carbonyl (C=O) groups is 1. The van der Waals surface area contributed by atoms with Gasteiger partial charge in [-0.1, -0.05) is 0 Å². The zero-order chi connectivity index (χ0) is 23.3. The first-order chi connectivity index (χ1) is 15.2. The molecule has 0 aliphatic carbocycles.